The van der Waals surface area contributed by atoms with Crippen LogP contribution in [0.25, 0.3) is 0 Å². The number of nitrogens with one attached hydrogen (secondary N) is 2. The summed E-state index contributed by atoms with van der Waals surface area (Å²) in [7, 11) is 1.58. The third-order valence-electron chi connectivity index (χ3n) is 3.71. The lowest BCUT2D eigenvalue weighted by molar-refractivity contribution is -0.130. The lowest BCUT2D eigenvalue weighted by Crippen LogP contribution is -2.37. The molecule has 0 spiro atoms. The number of carbonyl (C=O) groups is 3. The average Bonchev–Trinajstić information content (AvgIpc) is 2.85. The van der Waals surface area contributed by atoms with Crippen LogP contribution < -0.4 is 15.4 Å². The summed E-state index contributed by atoms with van der Waals surface area (Å²) in [5.41, 5.74) is 0.973. The van der Waals surface area contributed by atoms with Crippen molar-refractivity contribution in [1.82, 2.24) is 15.5 Å². The number of hydrogen-bond acceptors (Lipinski definition) is 5. The molecule has 0 bridgehead atoms. The number of benzene rings is 1. The van der Waals surface area contributed by atoms with Gasteiger partial charge in [-0.3, -0.25) is 14.5 Å². The van der Waals surface area contributed by atoms with E-state index in [0.29, 0.717) is 6.42 Å². The summed E-state index contributed by atoms with van der Waals surface area (Å²) in [6.07, 6.45) is 0.385. The Morgan fingerprint density at radius 3 is 2.67 bits per heavy atom. The van der Waals surface area contributed by atoms with Gasteiger partial charge in [0.15, 0.2) is 0 Å². The standard InChI is InChI=1S/C16H21N3O5/c1-24-12-4-2-11(3-5-12)6-8-19-15(22)13(18-16(19)23)10-14(21)17-7-9-20/h2-5,13,20H,6-10H2,1H3,(H,17,21)(H,18,23)/t13-/m1/s1. The smallest absolute Gasteiger partial charge is 0.324 e. The summed E-state index contributed by atoms with van der Waals surface area (Å²) in [6, 6.07) is 6.03. The van der Waals surface area contributed by atoms with Crippen molar-refractivity contribution in [3.05, 3.63) is 29.8 Å². The van der Waals surface area contributed by atoms with Gasteiger partial charge in [-0.2, -0.15) is 0 Å². The van der Waals surface area contributed by atoms with Crippen LogP contribution in [-0.2, 0) is 16.0 Å². The van der Waals surface area contributed by atoms with E-state index in [2.05, 4.69) is 10.6 Å². The number of rotatable bonds is 8. The molecule has 4 amide bonds. The topological polar surface area (TPSA) is 108 Å². The quantitative estimate of drug-likeness (QED) is 0.563. The average molecular weight is 335 g/mol. The largest absolute Gasteiger partial charge is 0.497 e. The second kappa shape index (κ2) is 8.30. The van der Waals surface area contributed by atoms with Gasteiger partial charge in [-0.15, -0.1) is 0 Å². The molecule has 1 fully saturated rings. The van der Waals surface area contributed by atoms with Crippen molar-refractivity contribution in [3.63, 3.8) is 0 Å². The molecule has 1 aromatic carbocycles. The van der Waals surface area contributed by atoms with Crippen LogP contribution in [0.5, 0.6) is 5.75 Å². The summed E-state index contributed by atoms with van der Waals surface area (Å²) in [6.45, 7) is 0.186. The van der Waals surface area contributed by atoms with E-state index in [1.54, 1.807) is 7.11 Å². The van der Waals surface area contributed by atoms with Crippen molar-refractivity contribution >= 4 is 17.8 Å². The van der Waals surface area contributed by atoms with Gasteiger partial charge in [0.25, 0.3) is 5.91 Å². The van der Waals surface area contributed by atoms with Gasteiger partial charge in [0.1, 0.15) is 11.8 Å². The number of aliphatic hydroxyl groups excluding tert-OH is 1. The number of hydrogen-bond donors (Lipinski definition) is 3. The fraction of sp³-hybridized carbons (Fsp3) is 0.438. The second-order valence-electron chi connectivity index (χ2n) is 5.37. The molecule has 3 N–H and O–H groups in total. The predicted molar refractivity (Wildman–Crippen MR) is 85.4 cm³/mol. The molecule has 1 atom stereocenters. The molecule has 1 saturated heterocycles. The minimum absolute atomic E-state index is 0.120. The number of methoxy groups -OCH3 is 1. The number of imide groups is 1. The zero-order chi connectivity index (χ0) is 17.5. The molecule has 1 aliphatic heterocycles. The van der Waals surface area contributed by atoms with Crippen molar-refractivity contribution in [2.75, 3.05) is 26.8 Å². The second-order valence-corrected chi connectivity index (χ2v) is 5.37. The first-order valence-corrected chi connectivity index (χ1v) is 7.67. The Labute approximate surface area is 139 Å². The molecule has 0 radical (unpaired) electrons. The Balaban J connectivity index is 1.87. The molecule has 0 aliphatic carbocycles. The molecule has 24 heavy (non-hydrogen) atoms. The first-order chi connectivity index (χ1) is 11.5. The summed E-state index contributed by atoms with van der Waals surface area (Å²) < 4.78 is 5.08. The molecule has 1 aliphatic rings. The van der Waals surface area contributed by atoms with Gasteiger partial charge in [-0.1, -0.05) is 12.1 Å². The molecular formula is C16H21N3O5. The normalized spacial score (nSPS) is 16.9. The van der Waals surface area contributed by atoms with E-state index in [0.717, 1.165) is 16.2 Å². The predicted octanol–water partition coefficient (Wildman–Crippen LogP) is -0.343. The van der Waals surface area contributed by atoms with Crippen LogP contribution in [-0.4, -0.2) is 60.7 Å². The fourth-order valence-electron chi connectivity index (χ4n) is 2.41. The van der Waals surface area contributed by atoms with Gasteiger partial charge in [-0.25, -0.2) is 4.79 Å². The summed E-state index contributed by atoms with van der Waals surface area (Å²) in [5, 5.41) is 13.6. The fourth-order valence-corrected chi connectivity index (χ4v) is 2.41. The summed E-state index contributed by atoms with van der Waals surface area (Å²) in [5.74, 6) is -0.0601. The maximum Gasteiger partial charge on any atom is 0.324 e. The molecule has 0 aromatic heterocycles. The molecule has 0 unspecified atom stereocenters. The first kappa shape index (κ1) is 17.7. The highest BCUT2D eigenvalue weighted by molar-refractivity contribution is 6.05. The van der Waals surface area contributed by atoms with E-state index < -0.39 is 18.0 Å². The summed E-state index contributed by atoms with van der Waals surface area (Å²) in [4.78, 5) is 36.9. The SMILES string of the molecule is COc1ccc(CCN2C(=O)N[C@H](CC(=O)NCCO)C2=O)cc1. The van der Waals surface area contributed by atoms with Crippen molar-refractivity contribution in [1.29, 1.82) is 0 Å². The zero-order valence-electron chi connectivity index (χ0n) is 13.4. The Bertz CT molecular complexity index is 602. The van der Waals surface area contributed by atoms with Gasteiger partial charge < -0.3 is 20.5 Å². The van der Waals surface area contributed by atoms with Crippen LogP contribution >= 0.6 is 0 Å². The molecule has 8 nitrogen and oxygen atoms in total. The monoisotopic (exact) mass is 335 g/mol. The number of ether oxygens (including phenoxy) is 1. The van der Waals surface area contributed by atoms with Crippen molar-refractivity contribution in [3.8, 4) is 5.75 Å². The number of carbonyl (C=O) groups excluding carboxylic acids is 3. The van der Waals surface area contributed by atoms with Crippen molar-refractivity contribution < 1.29 is 24.2 Å². The Kier molecular flexibility index (Phi) is 6.14. The molecule has 2 rings (SSSR count). The van der Waals surface area contributed by atoms with Gasteiger partial charge in [0, 0.05) is 13.1 Å². The van der Waals surface area contributed by atoms with Crippen LogP contribution in [0.15, 0.2) is 24.3 Å². The molecular weight excluding hydrogens is 314 g/mol. The van der Waals surface area contributed by atoms with E-state index in [-0.39, 0.29) is 32.0 Å². The van der Waals surface area contributed by atoms with E-state index in [9.17, 15) is 14.4 Å². The highest BCUT2D eigenvalue weighted by Crippen LogP contribution is 2.14. The zero-order valence-corrected chi connectivity index (χ0v) is 13.4. The van der Waals surface area contributed by atoms with Crippen molar-refractivity contribution in [2.24, 2.45) is 0 Å². The number of amides is 4. The minimum Gasteiger partial charge on any atom is -0.497 e. The van der Waals surface area contributed by atoms with Gasteiger partial charge in [0.2, 0.25) is 5.91 Å². The molecule has 0 saturated carbocycles. The Hall–Kier alpha value is -2.61. The van der Waals surface area contributed by atoms with E-state index in [1.807, 2.05) is 24.3 Å². The van der Waals surface area contributed by atoms with Crippen LogP contribution in [0, 0.1) is 0 Å². The highest BCUT2D eigenvalue weighted by Gasteiger charge is 2.38. The van der Waals surface area contributed by atoms with E-state index in [1.165, 1.54) is 0 Å². The first-order valence-electron chi connectivity index (χ1n) is 7.67. The number of urea groups is 1. The van der Waals surface area contributed by atoms with Crippen molar-refractivity contribution in [2.45, 2.75) is 18.9 Å². The van der Waals surface area contributed by atoms with Crippen LogP contribution in [0.4, 0.5) is 4.79 Å². The van der Waals surface area contributed by atoms with Gasteiger partial charge in [0.05, 0.1) is 20.1 Å². The van der Waals surface area contributed by atoms with Crippen LogP contribution in [0.3, 0.4) is 0 Å². The maximum absolute atomic E-state index is 12.2. The molecule has 130 valence electrons. The Morgan fingerprint density at radius 2 is 2.04 bits per heavy atom. The van der Waals surface area contributed by atoms with E-state index in [4.69, 9.17) is 9.84 Å². The summed E-state index contributed by atoms with van der Waals surface area (Å²) >= 11 is 0. The maximum atomic E-state index is 12.2. The highest BCUT2D eigenvalue weighted by atomic mass is 16.5. The van der Waals surface area contributed by atoms with Crippen LogP contribution in [0.2, 0.25) is 0 Å². The molecule has 8 heteroatoms. The molecule has 1 heterocycles. The third-order valence-corrected chi connectivity index (χ3v) is 3.71. The third kappa shape index (κ3) is 4.45. The Morgan fingerprint density at radius 1 is 1.33 bits per heavy atom. The van der Waals surface area contributed by atoms with Gasteiger partial charge >= 0.3 is 6.03 Å². The lowest BCUT2D eigenvalue weighted by Gasteiger charge is -2.13. The van der Waals surface area contributed by atoms with Crippen LogP contribution in [0.1, 0.15) is 12.0 Å². The number of aliphatic hydroxyl groups is 1. The van der Waals surface area contributed by atoms with Gasteiger partial charge in [-0.05, 0) is 24.1 Å². The van der Waals surface area contributed by atoms with E-state index >= 15 is 0 Å². The minimum atomic E-state index is -0.855. The molecule has 1 aromatic rings. The number of nitrogens with zero attached hydrogens (tertiary/aromatic N) is 1. The lowest BCUT2D eigenvalue weighted by atomic mass is 10.1.